The van der Waals surface area contributed by atoms with Gasteiger partial charge in [0, 0.05) is 24.0 Å². The Bertz CT molecular complexity index is 444. The molecule has 1 saturated heterocycles. The molecule has 0 spiro atoms. The molecule has 1 fully saturated rings. The monoisotopic (exact) mass is 358 g/mol. The number of benzene rings is 1. The van der Waals surface area contributed by atoms with Gasteiger partial charge in [-0.2, -0.15) is 0 Å². The Morgan fingerprint density at radius 3 is 2.19 bits per heavy atom. The minimum atomic E-state index is 0.110. The second kappa shape index (κ2) is 7.36. The van der Waals surface area contributed by atoms with Crippen molar-refractivity contribution in [2.75, 3.05) is 39.4 Å². The van der Waals surface area contributed by atoms with Crippen LogP contribution in [0.15, 0.2) is 12.1 Å². The van der Waals surface area contributed by atoms with Gasteiger partial charge >= 0.3 is 0 Å². The van der Waals surface area contributed by atoms with E-state index in [2.05, 4.69) is 15.9 Å². The fraction of sp³-hybridized carbons (Fsp3) is 0.625. The van der Waals surface area contributed by atoms with E-state index in [4.69, 9.17) is 18.9 Å². The zero-order valence-corrected chi connectivity index (χ0v) is 14.5. The lowest BCUT2D eigenvalue weighted by molar-refractivity contribution is 0.00271. The second-order valence-corrected chi connectivity index (χ2v) is 6.09. The number of alkyl halides is 1. The van der Waals surface area contributed by atoms with Crippen LogP contribution in [-0.2, 0) is 4.74 Å². The zero-order chi connectivity index (χ0) is 15.3. The molecule has 0 N–H and O–H groups in total. The maximum absolute atomic E-state index is 6.10. The van der Waals surface area contributed by atoms with Crippen molar-refractivity contribution in [3.8, 4) is 17.2 Å². The predicted octanol–water partition coefficient (Wildman–Crippen LogP) is 3.58. The Balaban J connectivity index is 2.18. The Labute approximate surface area is 134 Å². The van der Waals surface area contributed by atoms with Gasteiger partial charge in [0.1, 0.15) is 0 Å². The average molecular weight is 359 g/mol. The van der Waals surface area contributed by atoms with E-state index in [1.807, 2.05) is 19.1 Å². The Morgan fingerprint density at radius 1 is 1.14 bits per heavy atom. The van der Waals surface area contributed by atoms with E-state index < -0.39 is 0 Å². The number of methoxy groups -OCH3 is 2. The highest BCUT2D eigenvalue weighted by atomic mass is 79.9. The van der Waals surface area contributed by atoms with Gasteiger partial charge in [0.2, 0.25) is 5.75 Å². The third-order valence-corrected chi connectivity index (χ3v) is 5.15. The summed E-state index contributed by atoms with van der Waals surface area (Å²) in [5.41, 5.74) is 1.19. The predicted molar refractivity (Wildman–Crippen MR) is 86.1 cm³/mol. The minimum Gasteiger partial charge on any atom is -0.493 e. The molecule has 0 unspecified atom stereocenters. The average Bonchev–Trinajstić information content (AvgIpc) is 2.53. The molecule has 0 aliphatic carbocycles. The van der Waals surface area contributed by atoms with E-state index in [0.717, 1.165) is 36.9 Å². The molecule has 5 heteroatoms. The molecule has 1 aliphatic heterocycles. The molecular weight excluding hydrogens is 336 g/mol. The number of halogens is 1. The molecule has 2 rings (SSSR count). The van der Waals surface area contributed by atoms with Crippen LogP contribution in [0.3, 0.4) is 0 Å². The van der Waals surface area contributed by atoms with Crippen LogP contribution < -0.4 is 14.2 Å². The topological polar surface area (TPSA) is 36.9 Å². The third kappa shape index (κ3) is 3.83. The van der Waals surface area contributed by atoms with Gasteiger partial charge in [-0.05, 0) is 37.5 Å². The van der Waals surface area contributed by atoms with E-state index in [1.54, 1.807) is 14.2 Å². The van der Waals surface area contributed by atoms with Crippen molar-refractivity contribution in [3.63, 3.8) is 0 Å². The van der Waals surface area contributed by atoms with Crippen molar-refractivity contribution < 1.29 is 18.9 Å². The number of hydrogen-bond donors (Lipinski definition) is 0. The SMILES string of the molecule is COc1cc(C)cc(OC)c1OCC1(CBr)CCOCC1. The van der Waals surface area contributed by atoms with E-state index in [9.17, 15) is 0 Å². The molecular formula is C16H23BrO4. The smallest absolute Gasteiger partial charge is 0.203 e. The lowest BCUT2D eigenvalue weighted by atomic mass is 9.83. The zero-order valence-electron chi connectivity index (χ0n) is 12.9. The van der Waals surface area contributed by atoms with E-state index in [-0.39, 0.29) is 5.41 Å². The van der Waals surface area contributed by atoms with Gasteiger partial charge in [0.05, 0.1) is 20.8 Å². The molecule has 0 saturated carbocycles. The molecule has 0 amide bonds. The van der Waals surface area contributed by atoms with Crippen molar-refractivity contribution in [2.45, 2.75) is 19.8 Å². The van der Waals surface area contributed by atoms with Crippen LogP contribution in [0.4, 0.5) is 0 Å². The Morgan fingerprint density at radius 2 is 1.71 bits per heavy atom. The van der Waals surface area contributed by atoms with Gasteiger partial charge in [-0.3, -0.25) is 0 Å². The molecule has 0 atom stereocenters. The molecule has 1 aromatic carbocycles. The highest BCUT2D eigenvalue weighted by Crippen LogP contribution is 2.41. The van der Waals surface area contributed by atoms with Gasteiger partial charge in [-0.1, -0.05) is 15.9 Å². The summed E-state index contributed by atoms with van der Waals surface area (Å²) in [4.78, 5) is 0. The highest BCUT2D eigenvalue weighted by molar-refractivity contribution is 9.09. The summed E-state index contributed by atoms with van der Waals surface area (Å²) < 4.78 is 22.4. The largest absolute Gasteiger partial charge is 0.493 e. The third-order valence-electron chi connectivity index (χ3n) is 3.96. The maximum Gasteiger partial charge on any atom is 0.203 e. The van der Waals surface area contributed by atoms with Crippen molar-refractivity contribution in [3.05, 3.63) is 17.7 Å². The summed E-state index contributed by atoms with van der Waals surface area (Å²) in [7, 11) is 3.30. The van der Waals surface area contributed by atoms with Gasteiger partial charge in [0.15, 0.2) is 11.5 Å². The van der Waals surface area contributed by atoms with Crippen LogP contribution in [0.25, 0.3) is 0 Å². The van der Waals surface area contributed by atoms with Crippen LogP contribution in [0.2, 0.25) is 0 Å². The normalized spacial score (nSPS) is 17.3. The summed E-state index contributed by atoms with van der Waals surface area (Å²) in [6.45, 7) is 4.21. The molecule has 0 bridgehead atoms. The lowest BCUT2D eigenvalue weighted by Gasteiger charge is -2.35. The first kappa shape index (κ1) is 16.4. The van der Waals surface area contributed by atoms with Crippen molar-refractivity contribution in [2.24, 2.45) is 5.41 Å². The van der Waals surface area contributed by atoms with Crippen LogP contribution >= 0.6 is 15.9 Å². The molecule has 0 radical (unpaired) electrons. The fourth-order valence-corrected chi connectivity index (χ4v) is 3.22. The summed E-state index contributed by atoms with van der Waals surface area (Å²) >= 11 is 3.63. The summed E-state index contributed by atoms with van der Waals surface area (Å²) in [5.74, 6) is 2.10. The molecule has 118 valence electrons. The van der Waals surface area contributed by atoms with Crippen molar-refractivity contribution in [1.82, 2.24) is 0 Å². The molecule has 4 nitrogen and oxygen atoms in total. The van der Waals surface area contributed by atoms with Crippen LogP contribution in [0, 0.1) is 12.3 Å². The summed E-state index contributed by atoms with van der Waals surface area (Å²) in [5, 5.41) is 0.903. The van der Waals surface area contributed by atoms with Crippen molar-refractivity contribution >= 4 is 15.9 Å². The maximum atomic E-state index is 6.10. The lowest BCUT2D eigenvalue weighted by Crippen LogP contribution is -2.36. The van der Waals surface area contributed by atoms with E-state index in [0.29, 0.717) is 23.9 Å². The van der Waals surface area contributed by atoms with Crippen LogP contribution in [0.1, 0.15) is 18.4 Å². The minimum absolute atomic E-state index is 0.110. The van der Waals surface area contributed by atoms with Crippen molar-refractivity contribution in [1.29, 1.82) is 0 Å². The first-order chi connectivity index (χ1) is 10.1. The summed E-state index contributed by atoms with van der Waals surface area (Å²) in [6.07, 6.45) is 1.99. The molecule has 1 heterocycles. The Kier molecular flexibility index (Phi) is 5.76. The van der Waals surface area contributed by atoms with Gasteiger partial charge < -0.3 is 18.9 Å². The first-order valence-corrected chi connectivity index (χ1v) is 8.25. The molecule has 21 heavy (non-hydrogen) atoms. The Hall–Kier alpha value is -0.940. The highest BCUT2D eigenvalue weighted by Gasteiger charge is 2.33. The van der Waals surface area contributed by atoms with E-state index in [1.165, 1.54) is 0 Å². The van der Waals surface area contributed by atoms with Crippen LogP contribution in [0.5, 0.6) is 17.2 Å². The summed E-state index contributed by atoms with van der Waals surface area (Å²) in [6, 6.07) is 3.92. The standard InChI is InChI=1S/C16H23BrO4/c1-12-8-13(18-2)15(14(9-12)19-3)21-11-16(10-17)4-6-20-7-5-16/h8-9H,4-7,10-11H2,1-3H3. The van der Waals surface area contributed by atoms with Crippen LogP contribution in [-0.4, -0.2) is 39.4 Å². The second-order valence-electron chi connectivity index (χ2n) is 5.53. The number of hydrogen-bond acceptors (Lipinski definition) is 4. The number of rotatable bonds is 6. The fourth-order valence-electron chi connectivity index (χ4n) is 2.50. The van der Waals surface area contributed by atoms with Gasteiger partial charge in [-0.15, -0.1) is 0 Å². The van der Waals surface area contributed by atoms with E-state index >= 15 is 0 Å². The number of aryl methyl sites for hydroxylation is 1. The first-order valence-electron chi connectivity index (χ1n) is 7.13. The van der Waals surface area contributed by atoms with Gasteiger partial charge in [-0.25, -0.2) is 0 Å². The molecule has 1 aromatic rings. The van der Waals surface area contributed by atoms with Gasteiger partial charge in [0.25, 0.3) is 0 Å². The quantitative estimate of drug-likeness (QED) is 0.728. The molecule has 1 aliphatic rings. The molecule has 0 aromatic heterocycles. The number of ether oxygens (including phenoxy) is 4.